The number of carbonyl (C=O) groups excluding carboxylic acids is 1. The van der Waals surface area contributed by atoms with Crippen molar-refractivity contribution in [1.29, 1.82) is 0 Å². The first kappa shape index (κ1) is 34.4. The standard InChI is InChI=1S/C32H62O5/c1-4-7-9-10-11-13-16-19-23-30(32-36-27-34-28-37-32)24-20-17-14-12-15-18-21-25-31(33)35-26-29(6-3)22-8-5-2/h29-30,32H,4-28H2,1-3H3. The predicted octanol–water partition coefficient (Wildman–Crippen LogP) is 9.71. The van der Waals surface area contributed by atoms with Crippen LogP contribution in [0.3, 0.4) is 0 Å². The lowest BCUT2D eigenvalue weighted by Gasteiger charge is -2.30. The van der Waals surface area contributed by atoms with Crippen molar-refractivity contribution in [2.45, 2.75) is 168 Å². The highest BCUT2D eigenvalue weighted by atomic mass is 16.8. The van der Waals surface area contributed by atoms with Crippen molar-refractivity contribution >= 4 is 5.97 Å². The molecule has 0 amide bonds. The Morgan fingerprint density at radius 3 is 1.73 bits per heavy atom. The monoisotopic (exact) mass is 526 g/mol. The fourth-order valence-corrected chi connectivity index (χ4v) is 5.28. The fourth-order valence-electron chi connectivity index (χ4n) is 5.28. The maximum atomic E-state index is 12.0. The highest BCUT2D eigenvalue weighted by Crippen LogP contribution is 2.26. The van der Waals surface area contributed by atoms with E-state index in [1.165, 1.54) is 116 Å². The molecule has 1 heterocycles. The summed E-state index contributed by atoms with van der Waals surface area (Å²) in [5.74, 6) is 1.02. The van der Waals surface area contributed by atoms with Gasteiger partial charge in [-0.2, -0.15) is 0 Å². The SMILES string of the molecule is CCCCCCCCCCC(CCCCCCCCCC(=O)OCC(CC)CCCC)C1OCOCO1. The van der Waals surface area contributed by atoms with Gasteiger partial charge in [-0.1, -0.05) is 130 Å². The summed E-state index contributed by atoms with van der Waals surface area (Å²) in [6, 6.07) is 0. The fraction of sp³-hybridized carbons (Fsp3) is 0.969. The van der Waals surface area contributed by atoms with Crippen LogP contribution in [-0.4, -0.2) is 32.5 Å². The van der Waals surface area contributed by atoms with Crippen molar-refractivity contribution < 1.29 is 23.7 Å². The van der Waals surface area contributed by atoms with Gasteiger partial charge < -0.3 is 18.9 Å². The molecule has 1 aliphatic rings. The third-order valence-corrected chi connectivity index (χ3v) is 7.92. The van der Waals surface area contributed by atoms with Crippen molar-refractivity contribution in [2.75, 3.05) is 20.2 Å². The van der Waals surface area contributed by atoms with Crippen LogP contribution in [0.25, 0.3) is 0 Å². The van der Waals surface area contributed by atoms with E-state index in [1.54, 1.807) is 0 Å². The molecule has 0 radical (unpaired) electrons. The smallest absolute Gasteiger partial charge is 0.305 e. The normalized spacial score (nSPS) is 16.1. The van der Waals surface area contributed by atoms with Gasteiger partial charge in [-0.15, -0.1) is 0 Å². The Bertz CT molecular complexity index is 492. The molecular formula is C32H62O5. The Morgan fingerprint density at radius 2 is 1.19 bits per heavy atom. The number of hydrogen-bond acceptors (Lipinski definition) is 5. The summed E-state index contributed by atoms with van der Waals surface area (Å²) < 4.78 is 22.3. The van der Waals surface area contributed by atoms with E-state index < -0.39 is 0 Å². The Kier molecular flexibility index (Phi) is 23.8. The number of hydrogen-bond donors (Lipinski definition) is 0. The van der Waals surface area contributed by atoms with Gasteiger partial charge in [-0.3, -0.25) is 4.79 Å². The minimum Gasteiger partial charge on any atom is -0.465 e. The first-order valence-corrected chi connectivity index (χ1v) is 16.2. The van der Waals surface area contributed by atoms with Gasteiger partial charge in [0, 0.05) is 12.3 Å². The van der Waals surface area contributed by atoms with Crippen LogP contribution in [0, 0.1) is 11.8 Å². The second kappa shape index (κ2) is 25.6. The zero-order chi connectivity index (χ0) is 26.8. The van der Waals surface area contributed by atoms with Gasteiger partial charge in [0.25, 0.3) is 0 Å². The maximum Gasteiger partial charge on any atom is 0.305 e. The molecule has 2 atom stereocenters. The molecule has 0 aromatic rings. The molecule has 37 heavy (non-hydrogen) atoms. The Morgan fingerprint density at radius 1 is 0.676 bits per heavy atom. The molecule has 1 saturated heterocycles. The lowest BCUT2D eigenvalue weighted by molar-refractivity contribution is -0.315. The molecular weight excluding hydrogens is 464 g/mol. The van der Waals surface area contributed by atoms with Gasteiger partial charge >= 0.3 is 5.97 Å². The van der Waals surface area contributed by atoms with Crippen LogP contribution in [-0.2, 0) is 23.7 Å². The number of rotatable bonds is 26. The average Bonchev–Trinajstić information content (AvgIpc) is 2.93. The van der Waals surface area contributed by atoms with Gasteiger partial charge in [0.05, 0.1) is 6.61 Å². The van der Waals surface area contributed by atoms with E-state index in [1.807, 2.05) is 0 Å². The summed E-state index contributed by atoms with van der Waals surface area (Å²) in [7, 11) is 0. The van der Waals surface area contributed by atoms with Crippen LogP contribution in [0.1, 0.15) is 162 Å². The van der Waals surface area contributed by atoms with Crippen molar-refractivity contribution in [3.8, 4) is 0 Å². The molecule has 5 nitrogen and oxygen atoms in total. The quantitative estimate of drug-likeness (QED) is 0.0829. The molecule has 0 saturated carbocycles. The van der Waals surface area contributed by atoms with Crippen LogP contribution >= 0.6 is 0 Å². The molecule has 0 bridgehead atoms. The Labute approximate surface area is 230 Å². The number of unbranched alkanes of at least 4 members (excludes halogenated alkanes) is 14. The lowest BCUT2D eigenvalue weighted by atomic mass is 9.93. The van der Waals surface area contributed by atoms with Crippen molar-refractivity contribution in [2.24, 2.45) is 11.8 Å². The van der Waals surface area contributed by atoms with Gasteiger partial charge in [-0.05, 0) is 31.6 Å². The molecule has 0 N–H and O–H groups in total. The molecule has 220 valence electrons. The summed E-state index contributed by atoms with van der Waals surface area (Å²) in [5, 5.41) is 0. The number of esters is 1. The second-order valence-electron chi connectivity index (χ2n) is 11.3. The highest BCUT2D eigenvalue weighted by molar-refractivity contribution is 5.69. The van der Waals surface area contributed by atoms with Crippen LogP contribution in [0.15, 0.2) is 0 Å². The summed E-state index contributed by atoms with van der Waals surface area (Å²) in [6.07, 6.45) is 26.8. The van der Waals surface area contributed by atoms with Crippen molar-refractivity contribution in [1.82, 2.24) is 0 Å². The average molecular weight is 527 g/mol. The minimum atomic E-state index is -0.0858. The van der Waals surface area contributed by atoms with E-state index >= 15 is 0 Å². The molecule has 0 spiro atoms. The van der Waals surface area contributed by atoms with Crippen LogP contribution in [0.5, 0.6) is 0 Å². The van der Waals surface area contributed by atoms with E-state index in [-0.39, 0.29) is 12.3 Å². The molecule has 1 aliphatic heterocycles. The molecule has 0 aromatic carbocycles. The number of carbonyl (C=O) groups is 1. The maximum absolute atomic E-state index is 12.0. The first-order chi connectivity index (χ1) is 18.2. The van der Waals surface area contributed by atoms with E-state index in [4.69, 9.17) is 18.9 Å². The zero-order valence-corrected chi connectivity index (χ0v) is 25.0. The van der Waals surface area contributed by atoms with E-state index in [0.29, 0.717) is 38.4 Å². The molecule has 1 rings (SSSR count). The second-order valence-corrected chi connectivity index (χ2v) is 11.3. The van der Waals surface area contributed by atoms with Gasteiger partial charge in [0.15, 0.2) is 19.9 Å². The molecule has 5 heteroatoms. The molecule has 0 aromatic heterocycles. The topological polar surface area (TPSA) is 54.0 Å². The third-order valence-electron chi connectivity index (χ3n) is 7.92. The minimum absolute atomic E-state index is 0.00460. The van der Waals surface area contributed by atoms with Gasteiger partial charge in [-0.25, -0.2) is 0 Å². The molecule has 1 fully saturated rings. The van der Waals surface area contributed by atoms with E-state index in [2.05, 4.69) is 20.8 Å². The summed E-state index contributed by atoms with van der Waals surface area (Å²) in [5.41, 5.74) is 0. The lowest BCUT2D eigenvalue weighted by Crippen LogP contribution is -2.33. The van der Waals surface area contributed by atoms with E-state index in [9.17, 15) is 4.79 Å². The summed E-state index contributed by atoms with van der Waals surface area (Å²) in [6.45, 7) is 8.02. The summed E-state index contributed by atoms with van der Waals surface area (Å²) >= 11 is 0. The van der Waals surface area contributed by atoms with Crippen LogP contribution in [0.4, 0.5) is 0 Å². The predicted molar refractivity (Wildman–Crippen MR) is 153 cm³/mol. The summed E-state index contributed by atoms with van der Waals surface area (Å²) in [4.78, 5) is 12.0. The van der Waals surface area contributed by atoms with Crippen LogP contribution < -0.4 is 0 Å². The highest BCUT2D eigenvalue weighted by Gasteiger charge is 2.25. The zero-order valence-electron chi connectivity index (χ0n) is 25.0. The van der Waals surface area contributed by atoms with Crippen molar-refractivity contribution in [3.05, 3.63) is 0 Å². The van der Waals surface area contributed by atoms with E-state index in [0.717, 1.165) is 19.3 Å². The molecule has 0 aliphatic carbocycles. The largest absolute Gasteiger partial charge is 0.465 e. The van der Waals surface area contributed by atoms with Crippen molar-refractivity contribution in [3.63, 3.8) is 0 Å². The van der Waals surface area contributed by atoms with Crippen LogP contribution in [0.2, 0.25) is 0 Å². The van der Waals surface area contributed by atoms with Gasteiger partial charge in [0.2, 0.25) is 0 Å². The molecule has 2 unspecified atom stereocenters. The van der Waals surface area contributed by atoms with Gasteiger partial charge in [0.1, 0.15) is 0 Å². The number of ether oxygens (including phenoxy) is 4. The Hall–Kier alpha value is -0.650. The first-order valence-electron chi connectivity index (χ1n) is 16.2. The Balaban J connectivity index is 2.06. The third kappa shape index (κ3) is 20.0.